The van der Waals surface area contributed by atoms with E-state index in [4.69, 9.17) is 97.3 Å². The zero-order chi connectivity index (χ0) is 37.7. The van der Waals surface area contributed by atoms with Crippen molar-refractivity contribution in [2.75, 3.05) is 0 Å². The van der Waals surface area contributed by atoms with Gasteiger partial charge in [-0.2, -0.15) is 0 Å². The predicted octanol–water partition coefficient (Wildman–Crippen LogP) is -1.72. The van der Waals surface area contributed by atoms with Gasteiger partial charge in [0.05, 0.1) is 0 Å². The first-order chi connectivity index (χ1) is 25.9. The number of furan rings is 2. The van der Waals surface area contributed by atoms with E-state index in [1.165, 1.54) is 0 Å². The third-order valence-electron chi connectivity index (χ3n) is 9.93. The molecule has 9 rings (SSSR count). The lowest BCUT2D eigenvalue weighted by Crippen LogP contribution is -2.55. The molecule has 0 aliphatic rings. The Morgan fingerprint density at radius 3 is 1.48 bits per heavy atom. The van der Waals surface area contributed by atoms with Crippen molar-refractivity contribution in [3.05, 3.63) is 78.9 Å². The largest absolute Gasteiger partial charge is 0.456 e. The summed E-state index contributed by atoms with van der Waals surface area (Å²) >= 11 is 0. The molecule has 54 heavy (non-hydrogen) atoms. The van der Waals surface area contributed by atoms with Crippen molar-refractivity contribution in [3.63, 3.8) is 0 Å². The van der Waals surface area contributed by atoms with Gasteiger partial charge in [0.1, 0.15) is 101 Å². The molecule has 0 saturated heterocycles. The lowest BCUT2D eigenvalue weighted by Gasteiger charge is -2.22. The van der Waals surface area contributed by atoms with Gasteiger partial charge in [-0.25, -0.2) is 15.0 Å². The second-order valence-electron chi connectivity index (χ2n) is 13.0. The van der Waals surface area contributed by atoms with E-state index < -0.39 is 0 Å². The maximum Gasteiger partial charge on any atom is 0.164 e. The molecule has 5 nitrogen and oxygen atoms in total. The van der Waals surface area contributed by atoms with Crippen LogP contribution in [-0.4, -0.2) is 93.4 Å². The van der Waals surface area contributed by atoms with Gasteiger partial charge in [0.25, 0.3) is 0 Å². The van der Waals surface area contributed by atoms with Crippen LogP contribution in [0.15, 0.2) is 87.7 Å². The minimum atomic E-state index is 0.00488. The zero-order valence-corrected chi connectivity index (χ0v) is 28.4. The number of benzene rings is 6. The first kappa shape index (κ1) is 34.4. The van der Waals surface area contributed by atoms with Gasteiger partial charge in [-0.05, 0) is 35.9 Å². The molecule has 0 saturated carbocycles. The molecule has 0 aliphatic carbocycles. The fourth-order valence-electron chi connectivity index (χ4n) is 6.97. The van der Waals surface area contributed by atoms with Crippen LogP contribution in [0.1, 0.15) is 0 Å². The molecule has 0 spiro atoms. The van der Waals surface area contributed by atoms with Crippen molar-refractivity contribution >= 4 is 177 Å². The van der Waals surface area contributed by atoms with Gasteiger partial charge in [-0.15, -0.1) is 32.8 Å². The fourth-order valence-corrected chi connectivity index (χ4v) is 6.97. The van der Waals surface area contributed by atoms with E-state index >= 15 is 0 Å². The highest BCUT2D eigenvalue weighted by atomic mass is 16.3. The first-order valence-electron chi connectivity index (χ1n) is 16.6. The van der Waals surface area contributed by atoms with Crippen molar-refractivity contribution in [2.24, 2.45) is 0 Å². The Kier molecular flexibility index (Phi) is 8.00. The van der Waals surface area contributed by atoms with Gasteiger partial charge in [-0.3, -0.25) is 0 Å². The molecule has 0 amide bonds. The van der Waals surface area contributed by atoms with Crippen LogP contribution >= 0.6 is 0 Å². The Bertz CT molecular complexity index is 2940. The quantitative estimate of drug-likeness (QED) is 0.210. The van der Waals surface area contributed by atoms with Crippen molar-refractivity contribution in [2.45, 2.75) is 0 Å². The van der Waals surface area contributed by atoms with Crippen LogP contribution < -0.4 is 54.6 Å². The number of fused-ring (bicyclic) bond motifs is 6. The lowest BCUT2D eigenvalue weighted by molar-refractivity contribution is 0.668. The Morgan fingerprint density at radius 2 is 0.852 bits per heavy atom. The maximum absolute atomic E-state index is 6.44. The summed E-state index contributed by atoms with van der Waals surface area (Å²) in [7, 11) is 62.8. The van der Waals surface area contributed by atoms with Crippen LogP contribution in [0.5, 0.6) is 0 Å². The molecule has 0 aliphatic heterocycles. The SMILES string of the molecule is [B]c1c([B])c([B])c(-c2nc(-c3ccc4c(c3)oc3ccc(-c5cccc6c5oc5ccccc56)cc34)nc(-c3c([B])c([B])c([B])c([B])c3[B])n2)c([B])c1[B]. The van der Waals surface area contributed by atoms with Gasteiger partial charge in [0.2, 0.25) is 0 Å². The summed E-state index contributed by atoms with van der Waals surface area (Å²) in [5.74, 6) is 0.186. The fraction of sp³-hybridized carbons (Fsp3) is 0. The molecular weight excluding hydrogens is 651 g/mol. The predicted molar refractivity (Wildman–Crippen MR) is 230 cm³/mol. The Hall–Kier alpha value is -5.42. The smallest absolute Gasteiger partial charge is 0.164 e. The number of hydrogen-bond donors (Lipinski definition) is 0. The van der Waals surface area contributed by atoms with Gasteiger partial charge >= 0.3 is 0 Å². The second kappa shape index (κ2) is 12.6. The normalized spacial score (nSPS) is 11.7. The molecular formula is C39H13B10N3O2. The summed E-state index contributed by atoms with van der Waals surface area (Å²) in [6.07, 6.45) is 0. The molecule has 0 bridgehead atoms. The molecule has 3 heterocycles. The van der Waals surface area contributed by atoms with Crippen molar-refractivity contribution in [1.82, 2.24) is 15.0 Å². The number of nitrogens with zero attached hydrogens (tertiary/aromatic N) is 3. The summed E-state index contributed by atoms with van der Waals surface area (Å²) in [6, 6.07) is 25.8. The molecule has 15 heteroatoms. The highest BCUT2D eigenvalue weighted by molar-refractivity contribution is 6.69. The molecule has 9 aromatic rings. The second-order valence-corrected chi connectivity index (χ2v) is 13.0. The molecule has 0 fully saturated rings. The molecule has 226 valence electrons. The van der Waals surface area contributed by atoms with Crippen LogP contribution in [-0.2, 0) is 0 Å². The third kappa shape index (κ3) is 5.11. The number of para-hydroxylation sites is 2. The first-order valence-corrected chi connectivity index (χ1v) is 16.6. The van der Waals surface area contributed by atoms with Crippen molar-refractivity contribution < 1.29 is 8.83 Å². The minimum absolute atomic E-state index is 0.00488. The van der Waals surface area contributed by atoms with E-state index in [0.717, 1.165) is 43.8 Å². The number of hydrogen-bond acceptors (Lipinski definition) is 5. The average Bonchev–Trinajstić information content (AvgIpc) is 3.75. The molecule has 0 N–H and O–H groups in total. The van der Waals surface area contributed by atoms with E-state index in [2.05, 4.69) is 23.2 Å². The Morgan fingerprint density at radius 1 is 0.352 bits per heavy atom. The van der Waals surface area contributed by atoms with Crippen molar-refractivity contribution in [1.29, 1.82) is 0 Å². The lowest BCUT2D eigenvalue weighted by atomic mass is 9.60. The summed E-state index contributed by atoms with van der Waals surface area (Å²) < 4.78 is 12.7. The van der Waals surface area contributed by atoms with Crippen LogP contribution in [0.25, 0.3) is 89.2 Å². The van der Waals surface area contributed by atoms with Gasteiger partial charge < -0.3 is 8.83 Å². The summed E-state index contributed by atoms with van der Waals surface area (Å²) in [6.45, 7) is 0. The third-order valence-corrected chi connectivity index (χ3v) is 9.93. The maximum atomic E-state index is 6.44. The van der Waals surface area contributed by atoms with E-state index in [1.54, 1.807) is 0 Å². The molecule has 0 atom stereocenters. The van der Waals surface area contributed by atoms with Gasteiger partial charge in [0, 0.05) is 43.8 Å². The Balaban J connectivity index is 1.23. The topological polar surface area (TPSA) is 65.0 Å². The summed E-state index contributed by atoms with van der Waals surface area (Å²) in [5.41, 5.74) is 5.82. The van der Waals surface area contributed by atoms with Crippen LogP contribution in [0.3, 0.4) is 0 Å². The van der Waals surface area contributed by atoms with Crippen LogP contribution in [0.2, 0.25) is 0 Å². The monoisotopic (exact) mass is 665 g/mol. The molecule has 6 aromatic carbocycles. The van der Waals surface area contributed by atoms with E-state index in [0.29, 0.717) is 16.7 Å². The van der Waals surface area contributed by atoms with Gasteiger partial charge in [0.15, 0.2) is 17.5 Å². The Labute approximate surface area is 323 Å². The standard InChI is InChI=1S/C39H13B10N3O2/c40-26-24(27(41)31(45)34(48)30(26)44)38-50-37(51-39(52-38)25-28(42)32(46)35(49)33(47)29(25)43)15-8-10-18-20-12-14(9-11-22(20)53-23(18)13-15)16-5-3-6-19-17-4-1-2-7-21(17)54-36(16)19/h1-13H. The van der Waals surface area contributed by atoms with E-state index in [-0.39, 0.29) is 83.2 Å². The number of aromatic nitrogens is 3. The molecule has 3 aromatic heterocycles. The minimum Gasteiger partial charge on any atom is -0.456 e. The highest BCUT2D eigenvalue weighted by Crippen LogP contribution is 2.39. The van der Waals surface area contributed by atoms with Crippen LogP contribution in [0.4, 0.5) is 0 Å². The highest BCUT2D eigenvalue weighted by Gasteiger charge is 2.22. The summed E-state index contributed by atoms with van der Waals surface area (Å²) in [4.78, 5) is 14.2. The summed E-state index contributed by atoms with van der Waals surface area (Å²) in [5, 5.41) is 3.87. The van der Waals surface area contributed by atoms with Crippen molar-refractivity contribution in [3.8, 4) is 45.3 Å². The number of rotatable bonds is 4. The van der Waals surface area contributed by atoms with Gasteiger partial charge in [-0.1, -0.05) is 70.4 Å². The average molecular weight is 664 g/mol. The van der Waals surface area contributed by atoms with E-state index in [9.17, 15) is 0 Å². The zero-order valence-electron chi connectivity index (χ0n) is 28.4. The van der Waals surface area contributed by atoms with E-state index in [1.807, 2.05) is 60.7 Å². The van der Waals surface area contributed by atoms with Crippen LogP contribution in [0, 0.1) is 0 Å². The molecule has 0 unspecified atom stereocenters. The molecule has 20 radical (unpaired) electrons.